The SMILES string of the molecule is C=C(CC=Cc1ccccc1)C(=O)O.c1ccccc1. The van der Waals surface area contributed by atoms with E-state index in [0.29, 0.717) is 6.42 Å². The zero-order valence-electron chi connectivity index (χ0n) is 11.3. The Hall–Kier alpha value is -2.61. The summed E-state index contributed by atoms with van der Waals surface area (Å²) in [6, 6.07) is 21.7. The molecular formula is C18H18O2. The van der Waals surface area contributed by atoms with Gasteiger partial charge in [0.2, 0.25) is 0 Å². The molecule has 2 rings (SSSR count). The summed E-state index contributed by atoms with van der Waals surface area (Å²) < 4.78 is 0. The zero-order chi connectivity index (χ0) is 14.6. The molecule has 0 aliphatic heterocycles. The molecule has 0 bridgehead atoms. The van der Waals surface area contributed by atoms with Crippen LogP contribution in [0.2, 0.25) is 0 Å². The van der Waals surface area contributed by atoms with E-state index in [2.05, 4.69) is 6.58 Å². The average molecular weight is 266 g/mol. The molecular weight excluding hydrogens is 248 g/mol. The third kappa shape index (κ3) is 6.97. The predicted molar refractivity (Wildman–Crippen MR) is 83.3 cm³/mol. The number of rotatable bonds is 4. The number of hydrogen-bond donors (Lipinski definition) is 1. The van der Waals surface area contributed by atoms with Gasteiger partial charge in [-0.15, -0.1) is 0 Å². The highest BCUT2D eigenvalue weighted by molar-refractivity contribution is 5.86. The Morgan fingerprint density at radius 1 is 0.950 bits per heavy atom. The van der Waals surface area contributed by atoms with Crippen molar-refractivity contribution in [1.82, 2.24) is 0 Å². The van der Waals surface area contributed by atoms with E-state index in [1.54, 1.807) is 6.08 Å². The largest absolute Gasteiger partial charge is 0.478 e. The summed E-state index contributed by atoms with van der Waals surface area (Å²) >= 11 is 0. The first-order chi connectivity index (χ1) is 9.70. The monoisotopic (exact) mass is 266 g/mol. The molecule has 0 spiro atoms. The molecule has 0 radical (unpaired) electrons. The van der Waals surface area contributed by atoms with E-state index >= 15 is 0 Å². The molecule has 2 heteroatoms. The maximum atomic E-state index is 10.4. The van der Waals surface area contributed by atoms with E-state index < -0.39 is 5.97 Å². The van der Waals surface area contributed by atoms with Crippen LogP contribution in [0.4, 0.5) is 0 Å². The molecule has 0 aliphatic rings. The normalized spacial score (nSPS) is 9.60. The first-order valence-electron chi connectivity index (χ1n) is 6.33. The Balaban J connectivity index is 0.000000276. The van der Waals surface area contributed by atoms with Gasteiger partial charge >= 0.3 is 5.97 Å². The lowest BCUT2D eigenvalue weighted by Crippen LogP contribution is -1.96. The summed E-state index contributed by atoms with van der Waals surface area (Å²) in [5.74, 6) is -0.942. The molecule has 0 saturated carbocycles. The van der Waals surface area contributed by atoms with Crippen molar-refractivity contribution < 1.29 is 9.90 Å². The van der Waals surface area contributed by atoms with Gasteiger partial charge in [0.25, 0.3) is 0 Å². The molecule has 0 heterocycles. The average Bonchev–Trinajstić information content (AvgIpc) is 2.50. The van der Waals surface area contributed by atoms with Crippen LogP contribution in [0, 0.1) is 0 Å². The van der Waals surface area contributed by atoms with Crippen LogP contribution in [0.25, 0.3) is 6.08 Å². The van der Waals surface area contributed by atoms with Crippen LogP contribution in [0.3, 0.4) is 0 Å². The second-order valence-electron chi connectivity index (χ2n) is 4.08. The van der Waals surface area contributed by atoms with Gasteiger partial charge in [0.1, 0.15) is 0 Å². The van der Waals surface area contributed by atoms with Gasteiger partial charge in [-0.25, -0.2) is 4.79 Å². The highest BCUT2D eigenvalue weighted by Crippen LogP contribution is 2.05. The fraction of sp³-hybridized carbons (Fsp3) is 0.0556. The highest BCUT2D eigenvalue weighted by atomic mass is 16.4. The number of allylic oxidation sites excluding steroid dienone is 1. The Kier molecular flexibility index (Phi) is 7.21. The van der Waals surface area contributed by atoms with Crippen LogP contribution in [-0.2, 0) is 4.79 Å². The van der Waals surface area contributed by atoms with Gasteiger partial charge < -0.3 is 5.11 Å². The smallest absolute Gasteiger partial charge is 0.331 e. The molecule has 20 heavy (non-hydrogen) atoms. The van der Waals surface area contributed by atoms with Crippen LogP contribution in [0.5, 0.6) is 0 Å². The van der Waals surface area contributed by atoms with Crippen molar-refractivity contribution in [3.63, 3.8) is 0 Å². The van der Waals surface area contributed by atoms with E-state index in [1.807, 2.05) is 72.8 Å². The van der Waals surface area contributed by atoms with Crippen LogP contribution in [0.1, 0.15) is 12.0 Å². The Morgan fingerprint density at radius 2 is 1.40 bits per heavy atom. The zero-order valence-corrected chi connectivity index (χ0v) is 11.3. The Morgan fingerprint density at radius 3 is 1.85 bits per heavy atom. The number of benzene rings is 2. The van der Waals surface area contributed by atoms with E-state index in [9.17, 15) is 4.79 Å². The van der Waals surface area contributed by atoms with Gasteiger partial charge in [-0.3, -0.25) is 0 Å². The van der Waals surface area contributed by atoms with Crippen molar-refractivity contribution in [2.75, 3.05) is 0 Å². The highest BCUT2D eigenvalue weighted by Gasteiger charge is 1.99. The second-order valence-corrected chi connectivity index (χ2v) is 4.08. The van der Waals surface area contributed by atoms with Crippen LogP contribution < -0.4 is 0 Å². The molecule has 0 saturated heterocycles. The lowest BCUT2D eigenvalue weighted by Gasteiger charge is -1.93. The molecule has 2 aromatic rings. The molecule has 2 aromatic carbocycles. The van der Waals surface area contributed by atoms with E-state index in [1.165, 1.54) is 0 Å². The van der Waals surface area contributed by atoms with Gasteiger partial charge in [-0.2, -0.15) is 0 Å². The minimum atomic E-state index is -0.942. The molecule has 2 nitrogen and oxygen atoms in total. The molecule has 0 aromatic heterocycles. The fourth-order valence-corrected chi connectivity index (χ4v) is 1.37. The number of carboxylic acids is 1. The first kappa shape index (κ1) is 15.4. The fourth-order valence-electron chi connectivity index (χ4n) is 1.37. The summed E-state index contributed by atoms with van der Waals surface area (Å²) in [6.45, 7) is 3.43. The van der Waals surface area contributed by atoms with Crippen LogP contribution in [-0.4, -0.2) is 11.1 Å². The predicted octanol–water partition coefficient (Wildman–Crippen LogP) is 4.42. The van der Waals surface area contributed by atoms with E-state index in [-0.39, 0.29) is 5.57 Å². The van der Waals surface area contributed by atoms with Crippen molar-refractivity contribution in [2.45, 2.75) is 6.42 Å². The lowest BCUT2D eigenvalue weighted by atomic mass is 10.1. The summed E-state index contributed by atoms with van der Waals surface area (Å²) in [6.07, 6.45) is 4.06. The van der Waals surface area contributed by atoms with Crippen molar-refractivity contribution in [2.24, 2.45) is 0 Å². The third-order valence-electron chi connectivity index (χ3n) is 2.44. The topological polar surface area (TPSA) is 37.3 Å². The van der Waals surface area contributed by atoms with Crippen molar-refractivity contribution in [3.05, 3.63) is 90.5 Å². The van der Waals surface area contributed by atoms with Gasteiger partial charge in [0, 0.05) is 5.57 Å². The number of hydrogen-bond acceptors (Lipinski definition) is 1. The van der Waals surface area contributed by atoms with E-state index in [0.717, 1.165) is 5.56 Å². The quantitative estimate of drug-likeness (QED) is 0.832. The van der Waals surface area contributed by atoms with E-state index in [4.69, 9.17) is 5.11 Å². The molecule has 0 fully saturated rings. The summed E-state index contributed by atoms with van der Waals surface area (Å²) in [4.78, 5) is 10.4. The number of carboxylic acid groups (broad SMARTS) is 1. The standard InChI is InChI=1S/C12H12O2.C6H6/c1-10(12(13)14)6-5-9-11-7-3-2-4-8-11;1-2-4-6-5-3-1/h2-5,7-9H,1,6H2,(H,13,14);1-6H. The number of carbonyl (C=O) groups is 1. The molecule has 1 N–H and O–H groups in total. The minimum Gasteiger partial charge on any atom is -0.478 e. The molecule has 0 unspecified atom stereocenters. The molecule has 0 amide bonds. The Bertz CT molecular complexity index is 515. The molecule has 0 atom stereocenters. The van der Waals surface area contributed by atoms with Crippen molar-refractivity contribution >= 4 is 12.0 Å². The summed E-state index contributed by atoms with van der Waals surface area (Å²) in [7, 11) is 0. The minimum absolute atomic E-state index is 0.206. The van der Waals surface area contributed by atoms with Crippen molar-refractivity contribution in [3.8, 4) is 0 Å². The van der Waals surface area contributed by atoms with Crippen LogP contribution in [0.15, 0.2) is 85.0 Å². The van der Waals surface area contributed by atoms with Crippen LogP contribution >= 0.6 is 0 Å². The summed E-state index contributed by atoms with van der Waals surface area (Å²) in [5, 5.41) is 8.55. The third-order valence-corrected chi connectivity index (χ3v) is 2.44. The van der Waals surface area contributed by atoms with Gasteiger partial charge in [0.05, 0.1) is 0 Å². The van der Waals surface area contributed by atoms with Gasteiger partial charge in [0.15, 0.2) is 0 Å². The maximum absolute atomic E-state index is 10.4. The molecule has 102 valence electrons. The van der Waals surface area contributed by atoms with Crippen molar-refractivity contribution in [1.29, 1.82) is 0 Å². The second kappa shape index (κ2) is 9.34. The Labute approximate surface area is 119 Å². The summed E-state index contributed by atoms with van der Waals surface area (Å²) in [5.41, 5.74) is 1.27. The lowest BCUT2D eigenvalue weighted by molar-refractivity contribution is -0.132. The first-order valence-corrected chi connectivity index (χ1v) is 6.33. The maximum Gasteiger partial charge on any atom is 0.331 e. The van der Waals surface area contributed by atoms with Gasteiger partial charge in [-0.05, 0) is 12.0 Å². The molecule has 0 aliphatic carbocycles. The van der Waals surface area contributed by atoms with Gasteiger partial charge in [-0.1, -0.05) is 85.5 Å². The number of aliphatic carboxylic acids is 1.